The smallest absolute Gasteiger partial charge is 0.401 e. The zero-order valence-corrected chi connectivity index (χ0v) is 18.5. The lowest BCUT2D eigenvalue weighted by Gasteiger charge is -2.32. The van der Waals surface area contributed by atoms with Crippen molar-refractivity contribution >= 4 is 11.0 Å². The van der Waals surface area contributed by atoms with E-state index >= 15 is 0 Å². The van der Waals surface area contributed by atoms with E-state index in [0.717, 1.165) is 17.6 Å². The first kappa shape index (κ1) is 23.3. The van der Waals surface area contributed by atoms with Crippen LogP contribution in [0.25, 0.3) is 17.0 Å². The summed E-state index contributed by atoms with van der Waals surface area (Å²) in [7, 11) is 0. The van der Waals surface area contributed by atoms with E-state index in [-0.39, 0.29) is 37.3 Å². The Morgan fingerprint density at radius 2 is 1.77 bits per heavy atom. The molecule has 11 heteroatoms. The van der Waals surface area contributed by atoms with Gasteiger partial charge in [-0.1, -0.05) is 18.2 Å². The number of nitrogens with one attached hydrogen (secondary N) is 1. The van der Waals surface area contributed by atoms with Gasteiger partial charge in [-0.3, -0.25) is 4.90 Å². The second kappa shape index (κ2) is 8.95. The molecule has 5 rings (SSSR count). The number of nitrogens with zero attached hydrogens (tertiary/aromatic N) is 4. The number of likely N-dealkylation sites (tertiary alicyclic amines) is 1. The molecule has 3 heterocycles. The molecular formula is C24H22F5N5O. The average molecular weight is 491 g/mol. The van der Waals surface area contributed by atoms with Crippen LogP contribution in [0.4, 0.5) is 22.0 Å². The van der Waals surface area contributed by atoms with Crippen LogP contribution in [0.15, 0.2) is 42.5 Å². The molecule has 6 nitrogen and oxygen atoms in total. The van der Waals surface area contributed by atoms with Crippen LogP contribution in [-0.2, 0) is 6.42 Å². The van der Waals surface area contributed by atoms with Gasteiger partial charge in [-0.2, -0.15) is 23.0 Å². The molecule has 1 saturated heterocycles. The fraction of sp³-hybridized carbons (Fsp3) is 0.333. The van der Waals surface area contributed by atoms with Crippen molar-refractivity contribution < 1.29 is 27.1 Å². The molecule has 2 aromatic heterocycles. The number of alkyl halides is 3. The Balaban J connectivity index is 1.50. The van der Waals surface area contributed by atoms with Gasteiger partial charge in [0.15, 0.2) is 11.6 Å². The van der Waals surface area contributed by atoms with E-state index in [1.165, 1.54) is 15.6 Å². The highest BCUT2D eigenvalue weighted by molar-refractivity contribution is 5.76. The molecular weight excluding hydrogens is 469 g/mol. The molecule has 1 fully saturated rings. The molecule has 2 N–H and O–H groups in total. The Kier molecular flexibility index (Phi) is 5.96. The highest BCUT2D eigenvalue weighted by Crippen LogP contribution is 2.37. The monoisotopic (exact) mass is 491 g/mol. The number of H-pyrrole nitrogens is 1. The van der Waals surface area contributed by atoms with E-state index in [2.05, 4.69) is 15.1 Å². The van der Waals surface area contributed by atoms with E-state index in [4.69, 9.17) is 0 Å². The molecule has 0 saturated carbocycles. The van der Waals surface area contributed by atoms with E-state index in [1.54, 1.807) is 6.07 Å². The Morgan fingerprint density at radius 3 is 2.46 bits per heavy atom. The summed E-state index contributed by atoms with van der Waals surface area (Å²) in [5.41, 5.74) is 2.76. The lowest BCUT2D eigenvalue weighted by Crippen LogP contribution is -2.39. The van der Waals surface area contributed by atoms with Gasteiger partial charge >= 0.3 is 6.18 Å². The third-order valence-corrected chi connectivity index (χ3v) is 6.31. The number of para-hydroxylation sites is 2. The maximum atomic E-state index is 13.8. The maximum Gasteiger partial charge on any atom is 0.401 e. The number of aromatic amines is 1. The van der Waals surface area contributed by atoms with Crippen LogP contribution in [-0.4, -0.2) is 55.6 Å². The quantitative estimate of drug-likeness (QED) is 0.383. The lowest BCUT2D eigenvalue weighted by molar-refractivity contribution is -0.148. The molecule has 184 valence electrons. The summed E-state index contributed by atoms with van der Waals surface area (Å²) in [5.74, 6) is -2.13. The van der Waals surface area contributed by atoms with Gasteiger partial charge in [-0.25, -0.2) is 13.8 Å². The Morgan fingerprint density at radius 1 is 1.03 bits per heavy atom. The van der Waals surface area contributed by atoms with Gasteiger partial charge in [0.2, 0.25) is 11.8 Å². The number of hydrogen-bond acceptors (Lipinski definition) is 4. The second-order valence-electron chi connectivity index (χ2n) is 8.77. The minimum atomic E-state index is -4.27. The van der Waals surface area contributed by atoms with E-state index in [9.17, 15) is 27.1 Å². The molecule has 2 aromatic carbocycles. The predicted octanol–water partition coefficient (Wildman–Crippen LogP) is 5.06. The number of hydrogen-bond donors (Lipinski definition) is 2. The summed E-state index contributed by atoms with van der Waals surface area (Å²) in [6.07, 6.45) is -3.37. The van der Waals surface area contributed by atoms with Gasteiger partial charge in [0.25, 0.3) is 0 Å². The average Bonchev–Trinajstić information content (AvgIpc) is 3.37. The molecule has 0 spiro atoms. The largest absolute Gasteiger partial charge is 0.493 e. The second-order valence-corrected chi connectivity index (χ2v) is 8.77. The van der Waals surface area contributed by atoms with Crippen molar-refractivity contribution in [1.82, 2.24) is 24.6 Å². The minimum absolute atomic E-state index is 0.0708. The molecule has 35 heavy (non-hydrogen) atoms. The molecule has 0 atom stereocenters. The van der Waals surface area contributed by atoms with Crippen molar-refractivity contribution in [2.45, 2.75) is 31.4 Å². The van der Waals surface area contributed by atoms with Crippen LogP contribution in [0, 0.1) is 11.6 Å². The fourth-order valence-corrected chi connectivity index (χ4v) is 4.61. The van der Waals surface area contributed by atoms with E-state index in [1.807, 2.05) is 18.2 Å². The van der Waals surface area contributed by atoms with Crippen LogP contribution < -0.4 is 0 Å². The number of halogens is 5. The Bertz CT molecular complexity index is 1320. The highest BCUT2D eigenvalue weighted by Gasteiger charge is 2.34. The maximum absolute atomic E-state index is 13.8. The predicted molar refractivity (Wildman–Crippen MR) is 119 cm³/mol. The minimum Gasteiger partial charge on any atom is -0.493 e. The Hall–Kier alpha value is -3.47. The summed E-state index contributed by atoms with van der Waals surface area (Å²) in [4.78, 5) is 8.92. The zero-order valence-electron chi connectivity index (χ0n) is 18.5. The van der Waals surface area contributed by atoms with Gasteiger partial charge < -0.3 is 10.1 Å². The molecule has 4 aromatic rings. The van der Waals surface area contributed by atoms with Gasteiger partial charge in [0.1, 0.15) is 0 Å². The van der Waals surface area contributed by atoms with Crippen LogP contribution in [0.5, 0.6) is 5.88 Å². The molecule has 0 radical (unpaired) electrons. The third kappa shape index (κ3) is 4.86. The van der Waals surface area contributed by atoms with Crippen LogP contribution >= 0.6 is 0 Å². The van der Waals surface area contributed by atoms with E-state index in [0.29, 0.717) is 35.2 Å². The van der Waals surface area contributed by atoms with Crippen molar-refractivity contribution in [3.8, 4) is 11.8 Å². The number of rotatable bonds is 5. The van der Waals surface area contributed by atoms with Crippen LogP contribution in [0.3, 0.4) is 0 Å². The summed E-state index contributed by atoms with van der Waals surface area (Å²) in [6, 6.07) is 10.8. The van der Waals surface area contributed by atoms with Crippen molar-refractivity contribution in [1.29, 1.82) is 0 Å². The van der Waals surface area contributed by atoms with Crippen molar-refractivity contribution in [2.24, 2.45) is 0 Å². The first-order chi connectivity index (χ1) is 16.7. The standard InChI is InChI=1S/C24H22F5N5O/c25-17-6-5-14(12-18(17)26)11-16-21(15-7-9-33(10-8-15)13-24(27,28)29)32-34(22(16)35)23-30-19-3-1-2-4-20(19)31-23/h1-6,12,15,35H,7-11,13H2,(H,30,31). The molecule has 0 amide bonds. The number of imidazole rings is 1. The summed E-state index contributed by atoms with van der Waals surface area (Å²) < 4.78 is 66.9. The SMILES string of the molecule is Oc1c(Cc2ccc(F)c(F)c2)c(C2CCN(CC(F)(F)F)CC2)nn1-c1nc2ccccc2[nH]1. The van der Waals surface area contributed by atoms with Gasteiger partial charge in [-0.15, -0.1) is 0 Å². The lowest BCUT2D eigenvalue weighted by atomic mass is 9.89. The van der Waals surface area contributed by atoms with Crippen LogP contribution in [0.1, 0.15) is 35.6 Å². The molecule has 0 unspecified atom stereocenters. The molecule has 0 bridgehead atoms. The third-order valence-electron chi connectivity index (χ3n) is 6.31. The molecule has 1 aliphatic rings. The molecule has 0 aliphatic carbocycles. The normalized spacial score (nSPS) is 15.8. The van der Waals surface area contributed by atoms with Crippen molar-refractivity contribution in [2.75, 3.05) is 19.6 Å². The van der Waals surface area contributed by atoms with Gasteiger partial charge in [0.05, 0.1) is 23.3 Å². The number of fused-ring (bicyclic) bond motifs is 1. The van der Waals surface area contributed by atoms with Crippen LogP contribution in [0.2, 0.25) is 0 Å². The van der Waals surface area contributed by atoms with Gasteiger partial charge in [0, 0.05) is 17.9 Å². The van der Waals surface area contributed by atoms with Crippen molar-refractivity contribution in [3.63, 3.8) is 0 Å². The highest BCUT2D eigenvalue weighted by atomic mass is 19.4. The Labute approximate surface area is 197 Å². The zero-order chi connectivity index (χ0) is 24.7. The molecule has 1 aliphatic heterocycles. The number of aromatic hydroxyl groups is 1. The summed E-state index contributed by atoms with van der Waals surface area (Å²) in [5, 5.41) is 15.7. The number of benzene rings is 2. The topological polar surface area (TPSA) is 70.0 Å². The first-order valence-electron chi connectivity index (χ1n) is 11.2. The van der Waals surface area contributed by atoms with E-state index < -0.39 is 24.4 Å². The van der Waals surface area contributed by atoms with Gasteiger partial charge in [-0.05, 0) is 55.8 Å². The first-order valence-corrected chi connectivity index (χ1v) is 11.2. The van der Waals surface area contributed by atoms with Crippen molar-refractivity contribution in [3.05, 3.63) is 70.9 Å². The summed E-state index contributed by atoms with van der Waals surface area (Å²) >= 11 is 0. The number of piperidine rings is 1. The number of aromatic nitrogens is 4. The summed E-state index contributed by atoms with van der Waals surface area (Å²) in [6.45, 7) is -0.514. The fourth-order valence-electron chi connectivity index (χ4n) is 4.61.